The Morgan fingerprint density at radius 2 is 1.77 bits per heavy atom. The van der Waals surface area contributed by atoms with Crippen molar-refractivity contribution in [2.24, 2.45) is 0 Å². The van der Waals surface area contributed by atoms with Gasteiger partial charge in [0.25, 0.3) is 0 Å². The van der Waals surface area contributed by atoms with Gasteiger partial charge < -0.3 is 4.90 Å². The monoisotopic (exact) mass is 318 g/mol. The predicted molar refractivity (Wildman–Crippen MR) is 88.0 cm³/mol. The van der Waals surface area contributed by atoms with E-state index in [1.807, 2.05) is 24.3 Å². The molecule has 0 aromatic heterocycles. The van der Waals surface area contributed by atoms with Crippen LogP contribution in [0.4, 0.5) is 5.69 Å². The molecule has 2 aromatic rings. The summed E-state index contributed by atoms with van der Waals surface area (Å²) in [6.07, 6.45) is 2.12. The minimum Gasteiger partial charge on any atom is -0.369 e. The van der Waals surface area contributed by atoms with Crippen LogP contribution >= 0.6 is 0 Å². The average Bonchev–Trinajstić information content (AvgIpc) is 2.53. The van der Waals surface area contributed by atoms with Crippen molar-refractivity contribution in [1.82, 2.24) is 4.31 Å². The van der Waals surface area contributed by atoms with E-state index in [4.69, 9.17) is 0 Å². The number of anilines is 1. The molecule has 0 radical (unpaired) electrons. The standard InChI is InChI=1S/C16H18N2O3S/c1-22(20,21)18-9-7-17(8-10-18)15-5-6-16-13(11-15)3-2-4-14(16)12-19/h2-6,11-12H,7-10H2,1H3. The number of rotatable bonds is 3. The van der Waals surface area contributed by atoms with Crippen molar-refractivity contribution < 1.29 is 13.2 Å². The smallest absolute Gasteiger partial charge is 0.211 e. The maximum absolute atomic E-state index is 11.5. The molecule has 22 heavy (non-hydrogen) atoms. The first-order valence-corrected chi connectivity index (χ1v) is 9.02. The van der Waals surface area contributed by atoms with Gasteiger partial charge in [0, 0.05) is 37.4 Å². The van der Waals surface area contributed by atoms with Crippen molar-refractivity contribution in [3.63, 3.8) is 0 Å². The highest BCUT2D eigenvalue weighted by atomic mass is 32.2. The second-order valence-electron chi connectivity index (χ2n) is 5.52. The van der Waals surface area contributed by atoms with Crippen LogP contribution in [0.1, 0.15) is 10.4 Å². The summed E-state index contributed by atoms with van der Waals surface area (Å²) in [7, 11) is -3.11. The zero-order valence-electron chi connectivity index (χ0n) is 12.4. The third kappa shape index (κ3) is 2.84. The molecule has 1 aliphatic rings. The Morgan fingerprint density at radius 1 is 1.05 bits per heavy atom. The van der Waals surface area contributed by atoms with E-state index in [0.29, 0.717) is 31.7 Å². The van der Waals surface area contributed by atoms with Crippen LogP contribution in [0.3, 0.4) is 0 Å². The van der Waals surface area contributed by atoms with Gasteiger partial charge in [0.15, 0.2) is 6.29 Å². The minimum atomic E-state index is -3.11. The quantitative estimate of drug-likeness (QED) is 0.809. The second kappa shape index (κ2) is 5.70. The number of hydrogen-bond acceptors (Lipinski definition) is 4. The van der Waals surface area contributed by atoms with E-state index in [9.17, 15) is 13.2 Å². The van der Waals surface area contributed by atoms with Gasteiger partial charge in [-0.25, -0.2) is 8.42 Å². The van der Waals surface area contributed by atoms with E-state index in [2.05, 4.69) is 11.0 Å². The first-order chi connectivity index (χ1) is 10.5. The lowest BCUT2D eigenvalue weighted by Crippen LogP contribution is -2.48. The summed E-state index contributed by atoms with van der Waals surface area (Å²) in [6, 6.07) is 11.7. The van der Waals surface area contributed by atoms with E-state index in [1.54, 1.807) is 6.07 Å². The van der Waals surface area contributed by atoms with E-state index >= 15 is 0 Å². The number of fused-ring (bicyclic) bond motifs is 1. The van der Waals surface area contributed by atoms with Crippen LogP contribution in [0.25, 0.3) is 10.8 Å². The Morgan fingerprint density at radius 3 is 2.41 bits per heavy atom. The molecule has 6 heteroatoms. The molecule has 3 rings (SSSR count). The molecule has 1 heterocycles. The van der Waals surface area contributed by atoms with Crippen LogP contribution in [-0.2, 0) is 10.0 Å². The summed E-state index contributed by atoms with van der Waals surface area (Å²) >= 11 is 0. The number of hydrogen-bond donors (Lipinski definition) is 0. The summed E-state index contributed by atoms with van der Waals surface area (Å²) in [6.45, 7) is 2.36. The molecule has 0 N–H and O–H groups in total. The number of carbonyl (C=O) groups excluding carboxylic acids is 1. The summed E-state index contributed by atoms with van der Waals surface area (Å²) < 4.78 is 24.6. The molecular formula is C16H18N2O3S. The molecule has 1 fully saturated rings. The summed E-state index contributed by atoms with van der Waals surface area (Å²) in [4.78, 5) is 13.2. The highest BCUT2D eigenvalue weighted by Gasteiger charge is 2.23. The van der Waals surface area contributed by atoms with Gasteiger partial charge in [-0.3, -0.25) is 4.79 Å². The van der Waals surface area contributed by atoms with Gasteiger partial charge in [-0.1, -0.05) is 24.3 Å². The van der Waals surface area contributed by atoms with Gasteiger partial charge in [-0.05, 0) is 22.9 Å². The topological polar surface area (TPSA) is 57.7 Å². The molecule has 0 aliphatic carbocycles. The predicted octanol–water partition coefficient (Wildman–Crippen LogP) is 1.73. The average molecular weight is 318 g/mol. The lowest BCUT2D eigenvalue weighted by atomic mass is 10.0. The first-order valence-electron chi connectivity index (χ1n) is 7.17. The first kappa shape index (κ1) is 15.0. The van der Waals surface area contributed by atoms with Crippen molar-refractivity contribution in [2.75, 3.05) is 37.3 Å². The number of carbonyl (C=O) groups is 1. The zero-order chi connectivity index (χ0) is 15.7. The molecule has 0 atom stereocenters. The second-order valence-corrected chi connectivity index (χ2v) is 7.50. The minimum absolute atomic E-state index is 0.505. The van der Waals surface area contributed by atoms with Crippen LogP contribution in [0.15, 0.2) is 36.4 Å². The Balaban J connectivity index is 1.85. The molecule has 0 bridgehead atoms. The summed E-state index contributed by atoms with van der Waals surface area (Å²) in [5.41, 5.74) is 1.75. The fourth-order valence-electron chi connectivity index (χ4n) is 2.87. The lowest BCUT2D eigenvalue weighted by Gasteiger charge is -2.34. The lowest BCUT2D eigenvalue weighted by molar-refractivity contribution is 0.112. The van der Waals surface area contributed by atoms with Crippen molar-refractivity contribution in [1.29, 1.82) is 0 Å². The van der Waals surface area contributed by atoms with Gasteiger partial charge in [0.05, 0.1) is 6.26 Å². The van der Waals surface area contributed by atoms with E-state index in [-0.39, 0.29) is 0 Å². The van der Waals surface area contributed by atoms with Crippen LogP contribution in [-0.4, -0.2) is 51.4 Å². The molecule has 0 amide bonds. The number of aldehydes is 1. The normalized spacial score (nSPS) is 16.9. The van der Waals surface area contributed by atoms with E-state index in [0.717, 1.165) is 22.7 Å². The summed E-state index contributed by atoms with van der Waals surface area (Å²) in [5, 5.41) is 1.96. The van der Waals surface area contributed by atoms with Gasteiger partial charge in [-0.15, -0.1) is 0 Å². The Bertz CT molecular complexity index is 809. The van der Waals surface area contributed by atoms with Crippen molar-refractivity contribution in [3.05, 3.63) is 42.0 Å². The van der Waals surface area contributed by atoms with Gasteiger partial charge in [-0.2, -0.15) is 4.31 Å². The van der Waals surface area contributed by atoms with Crippen LogP contribution in [0.2, 0.25) is 0 Å². The molecule has 0 unspecified atom stereocenters. The van der Waals surface area contributed by atoms with Gasteiger partial charge in [0.2, 0.25) is 10.0 Å². The van der Waals surface area contributed by atoms with E-state index < -0.39 is 10.0 Å². The van der Waals surface area contributed by atoms with Crippen LogP contribution < -0.4 is 4.90 Å². The van der Waals surface area contributed by atoms with Crippen molar-refractivity contribution in [3.8, 4) is 0 Å². The van der Waals surface area contributed by atoms with Gasteiger partial charge >= 0.3 is 0 Å². The Labute approximate surface area is 130 Å². The molecule has 1 saturated heterocycles. The number of nitrogens with zero attached hydrogens (tertiary/aromatic N) is 2. The third-order valence-electron chi connectivity index (χ3n) is 4.10. The number of piperazine rings is 1. The largest absolute Gasteiger partial charge is 0.369 e. The molecule has 0 spiro atoms. The van der Waals surface area contributed by atoms with Crippen LogP contribution in [0.5, 0.6) is 0 Å². The molecule has 0 saturated carbocycles. The number of sulfonamides is 1. The third-order valence-corrected chi connectivity index (χ3v) is 5.40. The molecule has 5 nitrogen and oxygen atoms in total. The molecule has 1 aliphatic heterocycles. The fraction of sp³-hybridized carbons (Fsp3) is 0.312. The Hall–Kier alpha value is -1.92. The maximum Gasteiger partial charge on any atom is 0.211 e. The molecule has 116 valence electrons. The van der Waals surface area contributed by atoms with Crippen molar-refractivity contribution >= 4 is 32.8 Å². The zero-order valence-corrected chi connectivity index (χ0v) is 13.2. The fourth-order valence-corrected chi connectivity index (χ4v) is 3.70. The Kier molecular flexibility index (Phi) is 3.88. The highest BCUT2D eigenvalue weighted by Crippen LogP contribution is 2.25. The van der Waals surface area contributed by atoms with Crippen molar-refractivity contribution in [2.45, 2.75) is 0 Å². The van der Waals surface area contributed by atoms with Crippen LogP contribution in [0, 0.1) is 0 Å². The highest BCUT2D eigenvalue weighted by molar-refractivity contribution is 7.88. The van der Waals surface area contributed by atoms with E-state index in [1.165, 1.54) is 10.6 Å². The SMILES string of the molecule is CS(=O)(=O)N1CCN(c2ccc3c(C=O)cccc3c2)CC1. The molecule has 2 aromatic carbocycles. The summed E-state index contributed by atoms with van der Waals surface area (Å²) in [5.74, 6) is 0. The maximum atomic E-state index is 11.5. The van der Waals surface area contributed by atoms with Gasteiger partial charge in [0.1, 0.15) is 0 Å². The molecular weight excluding hydrogens is 300 g/mol. The number of benzene rings is 2.